The molecule has 1 rings (SSSR count). The van der Waals surface area contributed by atoms with E-state index < -0.39 is 6.10 Å². The number of aliphatic hydroxyl groups is 1. The number of rotatable bonds is 16. The summed E-state index contributed by atoms with van der Waals surface area (Å²) in [6.45, 7) is 4.17. The molecule has 0 bridgehead atoms. The lowest BCUT2D eigenvalue weighted by Crippen LogP contribution is -2.22. The number of esters is 1. The fourth-order valence-corrected chi connectivity index (χ4v) is 3.24. The van der Waals surface area contributed by atoms with E-state index >= 15 is 0 Å². The van der Waals surface area contributed by atoms with Crippen LogP contribution in [0.15, 0.2) is 42.5 Å². The van der Waals surface area contributed by atoms with Gasteiger partial charge in [-0.1, -0.05) is 82.7 Å². The van der Waals surface area contributed by atoms with Gasteiger partial charge in [-0.05, 0) is 50.2 Å². The molecule has 0 heterocycles. The summed E-state index contributed by atoms with van der Waals surface area (Å²) in [5.41, 5.74) is 0. The first-order valence-corrected chi connectivity index (χ1v) is 11.2. The monoisotopic (exact) mass is 388 g/mol. The van der Waals surface area contributed by atoms with Crippen molar-refractivity contribution < 1.29 is 14.6 Å². The predicted octanol–water partition coefficient (Wildman–Crippen LogP) is 6.85. The topological polar surface area (TPSA) is 46.5 Å². The third-order valence-corrected chi connectivity index (χ3v) is 5.13. The van der Waals surface area contributed by atoms with Gasteiger partial charge in [0.25, 0.3) is 0 Å². The summed E-state index contributed by atoms with van der Waals surface area (Å²) in [6, 6.07) is 9.08. The molecule has 0 radical (unpaired) electrons. The van der Waals surface area contributed by atoms with E-state index in [0.717, 1.165) is 25.7 Å². The fraction of sp³-hybridized carbons (Fsp3) is 0.640. The maximum absolute atomic E-state index is 12.0. The van der Waals surface area contributed by atoms with Crippen molar-refractivity contribution >= 4 is 5.97 Å². The first-order valence-electron chi connectivity index (χ1n) is 11.2. The molecule has 0 aromatic heterocycles. The molecule has 0 saturated heterocycles. The molecule has 0 aliphatic rings. The van der Waals surface area contributed by atoms with Crippen molar-refractivity contribution in [3.05, 3.63) is 42.5 Å². The van der Waals surface area contributed by atoms with Gasteiger partial charge in [-0.25, -0.2) is 0 Å². The zero-order valence-electron chi connectivity index (χ0n) is 17.9. The Morgan fingerprint density at radius 3 is 2.25 bits per heavy atom. The third-order valence-electron chi connectivity index (χ3n) is 5.13. The number of hydrogen-bond acceptors (Lipinski definition) is 3. The molecule has 3 heteroatoms. The molecule has 1 aromatic rings. The maximum atomic E-state index is 12.0. The minimum Gasteiger partial charge on any atom is -0.427 e. The van der Waals surface area contributed by atoms with Crippen LogP contribution in [0, 0.1) is 5.92 Å². The lowest BCUT2D eigenvalue weighted by atomic mass is 9.96. The van der Waals surface area contributed by atoms with E-state index in [4.69, 9.17) is 4.74 Å². The smallest absolute Gasteiger partial charge is 0.311 e. The number of allylic oxidation sites excluding steroid dienone is 2. The summed E-state index contributed by atoms with van der Waals surface area (Å²) in [4.78, 5) is 12.0. The van der Waals surface area contributed by atoms with Gasteiger partial charge in [-0.2, -0.15) is 0 Å². The standard InChI is InChI=1S/C25H40O3/c1-3-4-5-6-7-8-9-10-11-12-13-17-20-24(26)22(2)21-25(27)28-23-18-15-14-16-19-23/h10-11,14-16,18-19,22,24,26H,3-9,12-13,17,20-21H2,1-2H3/b11-10-. The van der Waals surface area contributed by atoms with Gasteiger partial charge in [-0.3, -0.25) is 4.79 Å². The van der Waals surface area contributed by atoms with Crippen LogP contribution in [0.3, 0.4) is 0 Å². The van der Waals surface area contributed by atoms with Gasteiger partial charge in [-0.15, -0.1) is 0 Å². The van der Waals surface area contributed by atoms with Crippen molar-refractivity contribution in [3.8, 4) is 5.75 Å². The van der Waals surface area contributed by atoms with E-state index in [1.807, 2.05) is 25.1 Å². The normalized spacial score (nSPS) is 13.5. The first kappa shape index (κ1) is 24.4. The average molecular weight is 389 g/mol. The highest BCUT2D eigenvalue weighted by molar-refractivity contribution is 5.72. The molecule has 3 nitrogen and oxygen atoms in total. The average Bonchev–Trinajstić information content (AvgIpc) is 2.69. The van der Waals surface area contributed by atoms with E-state index in [0.29, 0.717) is 5.75 Å². The van der Waals surface area contributed by atoms with Crippen LogP contribution in [-0.4, -0.2) is 17.2 Å². The summed E-state index contributed by atoms with van der Waals surface area (Å²) < 4.78 is 5.29. The van der Waals surface area contributed by atoms with E-state index in [2.05, 4.69) is 19.1 Å². The molecule has 0 fully saturated rings. The summed E-state index contributed by atoms with van der Waals surface area (Å²) in [5.74, 6) is 0.191. The second-order valence-electron chi connectivity index (χ2n) is 7.85. The molecule has 0 aliphatic carbocycles. The van der Waals surface area contributed by atoms with Crippen LogP contribution in [0.2, 0.25) is 0 Å². The summed E-state index contributed by atoms with van der Waals surface area (Å²) in [7, 11) is 0. The van der Waals surface area contributed by atoms with Gasteiger partial charge in [0.15, 0.2) is 0 Å². The van der Waals surface area contributed by atoms with Gasteiger partial charge in [0.05, 0.1) is 12.5 Å². The molecule has 2 atom stereocenters. The molecule has 158 valence electrons. The van der Waals surface area contributed by atoms with Crippen LogP contribution >= 0.6 is 0 Å². The lowest BCUT2D eigenvalue weighted by Gasteiger charge is -2.17. The number of carbonyl (C=O) groups is 1. The van der Waals surface area contributed by atoms with E-state index in [9.17, 15) is 9.90 Å². The van der Waals surface area contributed by atoms with E-state index in [-0.39, 0.29) is 18.3 Å². The number of aliphatic hydroxyl groups excluding tert-OH is 1. The Morgan fingerprint density at radius 2 is 1.57 bits per heavy atom. The van der Waals surface area contributed by atoms with Crippen molar-refractivity contribution in [1.82, 2.24) is 0 Å². The van der Waals surface area contributed by atoms with Gasteiger partial charge in [0, 0.05) is 0 Å². The van der Waals surface area contributed by atoms with Crippen molar-refractivity contribution in [2.24, 2.45) is 5.92 Å². The van der Waals surface area contributed by atoms with Crippen molar-refractivity contribution in [3.63, 3.8) is 0 Å². The molecule has 28 heavy (non-hydrogen) atoms. The molecule has 2 unspecified atom stereocenters. The lowest BCUT2D eigenvalue weighted by molar-refractivity contribution is -0.136. The van der Waals surface area contributed by atoms with Crippen LogP contribution in [0.25, 0.3) is 0 Å². The van der Waals surface area contributed by atoms with Crippen LogP contribution < -0.4 is 4.74 Å². The minimum absolute atomic E-state index is 0.0838. The van der Waals surface area contributed by atoms with E-state index in [1.165, 1.54) is 44.9 Å². The quantitative estimate of drug-likeness (QED) is 0.146. The molecule has 0 spiro atoms. The number of carbonyl (C=O) groups excluding carboxylic acids is 1. The summed E-state index contributed by atoms with van der Waals surface area (Å²) >= 11 is 0. The Kier molecular flexibility index (Phi) is 14.3. The SMILES string of the molecule is CCCCCCCC/C=C\CCCCC(O)C(C)CC(=O)Oc1ccccc1. The molecule has 1 aromatic carbocycles. The largest absolute Gasteiger partial charge is 0.427 e. The molecule has 0 aliphatic heterocycles. The highest BCUT2D eigenvalue weighted by Crippen LogP contribution is 2.17. The Morgan fingerprint density at radius 1 is 0.964 bits per heavy atom. The number of ether oxygens (including phenoxy) is 1. The van der Waals surface area contributed by atoms with Crippen LogP contribution in [0.1, 0.15) is 90.9 Å². The Labute approximate surface area is 172 Å². The molecule has 0 amide bonds. The molecular formula is C25H40O3. The minimum atomic E-state index is -0.449. The Bertz CT molecular complexity index is 524. The number of hydrogen-bond donors (Lipinski definition) is 1. The predicted molar refractivity (Wildman–Crippen MR) is 117 cm³/mol. The van der Waals surface area contributed by atoms with Gasteiger partial charge >= 0.3 is 5.97 Å². The van der Waals surface area contributed by atoms with Gasteiger partial charge in [0.1, 0.15) is 5.75 Å². The van der Waals surface area contributed by atoms with Gasteiger partial charge < -0.3 is 9.84 Å². The molecule has 0 saturated carbocycles. The zero-order chi connectivity index (χ0) is 20.5. The summed E-state index contributed by atoms with van der Waals surface area (Å²) in [6.07, 6.45) is 17.5. The van der Waals surface area contributed by atoms with Crippen molar-refractivity contribution in [2.75, 3.05) is 0 Å². The fourth-order valence-electron chi connectivity index (χ4n) is 3.24. The second kappa shape index (κ2) is 16.4. The van der Waals surface area contributed by atoms with Crippen LogP contribution in [-0.2, 0) is 4.79 Å². The highest BCUT2D eigenvalue weighted by Gasteiger charge is 2.18. The number of unbranched alkanes of at least 4 members (excludes halogenated alkanes) is 8. The molecule has 1 N–H and O–H groups in total. The van der Waals surface area contributed by atoms with Crippen LogP contribution in [0.4, 0.5) is 0 Å². The van der Waals surface area contributed by atoms with Crippen molar-refractivity contribution in [1.29, 1.82) is 0 Å². The Balaban J connectivity index is 2.02. The number of benzene rings is 1. The van der Waals surface area contributed by atoms with E-state index in [1.54, 1.807) is 12.1 Å². The summed E-state index contributed by atoms with van der Waals surface area (Å²) in [5, 5.41) is 10.3. The zero-order valence-corrected chi connectivity index (χ0v) is 17.9. The van der Waals surface area contributed by atoms with Crippen LogP contribution in [0.5, 0.6) is 5.75 Å². The van der Waals surface area contributed by atoms with Gasteiger partial charge in [0.2, 0.25) is 0 Å². The first-order chi connectivity index (χ1) is 13.6. The maximum Gasteiger partial charge on any atom is 0.311 e. The number of para-hydroxylation sites is 1. The highest BCUT2D eigenvalue weighted by atomic mass is 16.5. The van der Waals surface area contributed by atoms with Crippen molar-refractivity contribution in [2.45, 2.75) is 97.0 Å². The molecular weight excluding hydrogens is 348 g/mol. The third kappa shape index (κ3) is 12.7. The second-order valence-corrected chi connectivity index (χ2v) is 7.85. The Hall–Kier alpha value is -1.61.